The van der Waals surface area contributed by atoms with Gasteiger partial charge in [0.25, 0.3) is 0 Å². The predicted octanol–water partition coefficient (Wildman–Crippen LogP) is 15.8. The topological polar surface area (TPSA) is 0 Å². The lowest BCUT2D eigenvalue weighted by Crippen LogP contribution is -2.02. The smallest absolute Gasteiger partial charge is 0.00167 e. The second kappa shape index (κ2) is 17.6. The van der Waals surface area contributed by atoms with Crippen LogP contribution < -0.4 is 21.2 Å². The predicted molar refractivity (Wildman–Crippen MR) is 265 cm³/mol. The highest BCUT2D eigenvalue weighted by atomic mass is 33.0. The van der Waals surface area contributed by atoms with Crippen LogP contribution in [-0.2, 0) is 0 Å². The summed E-state index contributed by atoms with van der Waals surface area (Å²) in [6.45, 7) is -1.35. The fourth-order valence-corrected chi connectivity index (χ4v) is 70.3. The molecule has 2 aliphatic heterocycles. The van der Waals surface area contributed by atoms with Gasteiger partial charge in [-0.15, -0.1) is 0 Å². The third kappa shape index (κ3) is 7.26. The fourth-order valence-electron chi connectivity index (χ4n) is 7.88. The van der Waals surface area contributed by atoms with E-state index in [1.54, 1.807) is 21.3 Å². The van der Waals surface area contributed by atoms with Crippen molar-refractivity contribution in [2.24, 2.45) is 0 Å². The Hall–Kier alpha value is -4.18. The Labute approximate surface area is 349 Å². The lowest BCUT2D eigenvalue weighted by Gasteiger charge is -2.41. The molecule has 0 spiro atoms. The lowest BCUT2D eigenvalue weighted by atomic mass is 10.1. The van der Waals surface area contributed by atoms with Crippen molar-refractivity contribution in [2.45, 2.75) is 0 Å². The van der Waals surface area contributed by atoms with Crippen molar-refractivity contribution >= 4 is 86.9 Å². The summed E-state index contributed by atoms with van der Waals surface area (Å²) in [7, 11) is -3.13. The average molecular weight is 851 g/mol. The minimum absolute atomic E-state index is 0.675. The molecule has 2 heterocycles. The van der Waals surface area contributed by atoms with Crippen LogP contribution in [0.3, 0.4) is 0 Å². The summed E-state index contributed by atoms with van der Waals surface area (Å²) in [5.41, 5.74) is 5.52. The average Bonchev–Trinajstić information content (AvgIpc) is 3.86. The summed E-state index contributed by atoms with van der Waals surface area (Å²) < 4.78 is 0. The second-order valence-corrected chi connectivity index (χ2v) is 39.1. The van der Waals surface area contributed by atoms with E-state index in [0.29, 0.717) is 0 Å². The van der Waals surface area contributed by atoms with Gasteiger partial charge in [0.05, 0.1) is 0 Å². The Morgan fingerprint density at radius 3 is 0.500 bits per heavy atom. The maximum Gasteiger partial charge on any atom is 0.00167 e. The summed E-state index contributed by atoms with van der Waals surface area (Å²) in [4.78, 5) is 0. The van der Waals surface area contributed by atoms with Crippen LogP contribution in [0.15, 0.2) is 243 Å². The third-order valence-corrected chi connectivity index (χ3v) is 54.1. The van der Waals surface area contributed by atoms with Crippen LogP contribution >= 0.6 is 44.4 Å². The zero-order valence-corrected chi connectivity index (χ0v) is 37.1. The van der Waals surface area contributed by atoms with E-state index >= 15 is 0 Å². The van der Waals surface area contributed by atoms with Gasteiger partial charge in [0.1, 0.15) is 0 Å². The molecule has 10 rings (SSSR count). The van der Waals surface area contributed by atoms with Gasteiger partial charge in [-0.05, 0) is 87.9 Å². The highest BCUT2D eigenvalue weighted by Gasteiger charge is 2.57. The zero-order valence-electron chi connectivity index (χ0n) is 31.8. The molecule has 0 amide bonds. The van der Waals surface area contributed by atoms with Crippen LogP contribution in [0, 0.1) is 0 Å². The van der Waals surface area contributed by atoms with Gasteiger partial charge < -0.3 is 0 Å². The number of hydrogen-bond acceptors (Lipinski definition) is 0. The molecule has 0 saturated heterocycles. The standard InChI is InChI=1S/C52H40P6/c1-9-25-41(26-10-1)49-50(42-27-11-2-12-28-42)54(46-35-19-6-20-36-46)57(53(49)45-33-17-5-18-34-45)58-55(47-37-21-7-22-38-47)51(43-29-13-3-14-30-43)52(44-31-15-4-16-32-44)56(58)48-39-23-8-24-40-48/h1-40H. The van der Waals surface area contributed by atoms with Gasteiger partial charge in [0.15, 0.2) is 0 Å². The molecular formula is C52H40P6. The number of rotatable bonds is 9. The van der Waals surface area contributed by atoms with Gasteiger partial charge in [0, 0.05) is 21.3 Å². The highest BCUT2D eigenvalue weighted by Crippen LogP contribution is 3.21. The molecule has 0 radical (unpaired) electrons. The molecule has 8 aromatic rings. The Morgan fingerprint density at radius 2 is 0.328 bits per heavy atom. The first-order valence-electron chi connectivity index (χ1n) is 19.6. The van der Waals surface area contributed by atoms with Gasteiger partial charge in [-0.25, -0.2) is 0 Å². The van der Waals surface area contributed by atoms with E-state index in [1.165, 1.54) is 43.5 Å². The van der Waals surface area contributed by atoms with Gasteiger partial charge in [0.2, 0.25) is 0 Å². The van der Waals surface area contributed by atoms with Crippen LogP contribution in [0.1, 0.15) is 22.3 Å². The molecular weight excluding hydrogens is 810 g/mol. The lowest BCUT2D eigenvalue weighted by molar-refractivity contribution is 1.63. The minimum atomic E-state index is -0.782. The van der Waals surface area contributed by atoms with Crippen molar-refractivity contribution in [3.63, 3.8) is 0 Å². The molecule has 6 heteroatoms. The van der Waals surface area contributed by atoms with Gasteiger partial charge in [-0.3, -0.25) is 0 Å². The summed E-state index contributed by atoms with van der Waals surface area (Å²) in [6.07, 6.45) is 0. The van der Waals surface area contributed by atoms with Crippen molar-refractivity contribution in [1.82, 2.24) is 0 Å². The van der Waals surface area contributed by atoms with Crippen LogP contribution in [0.2, 0.25) is 0 Å². The number of hydrogen-bond donors (Lipinski definition) is 0. The first-order chi connectivity index (χ1) is 28.9. The summed E-state index contributed by atoms with van der Waals surface area (Å²) in [5, 5.41) is 12.4. The van der Waals surface area contributed by atoms with E-state index < -0.39 is 44.4 Å². The molecule has 0 bridgehead atoms. The van der Waals surface area contributed by atoms with E-state index in [1.807, 2.05) is 0 Å². The van der Waals surface area contributed by atoms with Gasteiger partial charge in [-0.1, -0.05) is 243 Å². The molecule has 0 aromatic heterocycles. The maximum absolute atomic E-state index is 2.47. The Balaban J connectivity index is 1.36. The van der Waals surface area contributed by atoms with E-state index in [0.717, 1.165) is 0 Å². The molecule has 8 aromatic carbocycles. The monoisotopic (exact) mass is 850 g/mol. The molecule has 278 valence electrons. The molecule has 0 fully saturated rings. The normalized spacial score (nSPS) is 21.7. The molecule has 0 nitrogen and oxygen atoms in total. The third-order valence-electron chi connectivity index (χ3n) is 10.4. The molecule has 0 aliphatic carbocycles. The minimum Gasteiger partial charge on any atom is -0.0622 e. The first-order valence-corrected chi connectivity index (χ1v) is 31.2. The Bertz CT molecular complexity index is 2280. The van der Waals surface area contributed by atoms with Crippen molar-refractivity contribution in [1.29, 1.82) is 0 Å². The molecule has 0 saturated carbocycles. The van der Waals surface area contributed by atoms with Crippen molar-refractivity contribution in [3.05, 3.63) is 265 Å². The fraction of sp³-hybridized carbons (Fsp3) is 0. The van der Waals surface area contributed by atoms with Crippen LogP contribution in [0.5, 0.6) is 0 Å². The molecule has 4 unspecified atom stereocenters. The van der Waals surface area contributed by atoms with E-state index in [9.17, 15) is 0 Å². The largest absolute Gasteiger partial charge is 0.0622 e. The molecule has 0 N–H and O–H groups in total. The van der Waals surface area contributed by atoms with Crippen molar-refractivity contribution in [2.75, 3.05) is 0 Å². The second-order valence-electron chi connectivity index (χ2n) is 14.0. The SMILES string of the molecule is c1ccc(C2=C(c3ccccc3)P(c3ccccc3)P(P3P(c4ccccc4)C(c4ccccc4)=C(c4ccccc4)P3c3ccccc3)P2c2ccccc2)cc1. The van der Waals surface area contributed by atoms with Crippen molar-refractivity contribution < 1.29 is 0 Å². The van der Waals surface area contributed by atoms with E-state index in [4.69, 9.17) is 0 Å². The summed E-state index contributed by atoms with van der Waals surface area (Å²) in [5.74, 6) is 0. The molecule has 4 atom stereocenters. The Morgan fingerprint density at radius 1 is 0.172 bits per heavy atom. The van der Waals surface area contributed by atoms with Crippen LogP contribution in [0.4, 0.5) is 0 Å². The summed E-state index contributed by atoms with van der Waals surface area (Å²) in [6, 6.07) is 93.0. The molecule has 2 aliphatic rings. The quantitative estimate of drug-likeness (QED) is 0.127. The first kappa shape index (κ1) is 38.0. The molecule has 58 heavy (non-hydrogen) atoms. The maximum atomic E-state index is 2.47. The Kier molecular flexibility index (Phi) is 11.5. The van der Waals surface area contributed by atoms with Gasteiger partial charge >= 0.3 is 0 Å². The number of benzene rings is 8. The van der Waals surface area contributed by atoms with Crippen molar-refractivity contribution in [3.8, 4) is 0 Å². The van der Waals surface area contributed by atoms with E-state index in [-0.39, 0.29) is 0 Å². The van der Waals surface area contributed by atoms with Crippen LogP contribution in [-0.4, -0.2) is 0 Å². The highest BCUT2D eigenvalue weighted by molar-refractivity contribution is 9.10. The van der Waals surface area contributed by atoms with Crippen LogP contribution in [0.25, 0.3) is 21.3 Å². The summed E-state index contributed by atoms with van der Waals surface area (Å²) >= 11 is 0. The van der Waals surface area contributed by atoms with E-state index in [2.05, 4.69) is 243 Å². The van der Waals surface area contributed by atoms with Gasteiger partial charge in [-0.2, -0.15) is 0 Å². The zero-order chi connectivity index (χ0) is 38.7.